The van der Waals surface area contributed by atoms with Crippen molar-refractivity contribution in [1.82, 2.24) is 4.98 Å². The molecule has 0 spiro atoms. The van der Waals surface area contributed by atoms with Crippen LogP contribution >= 0.6 is 15.9 Å². The minimum atomic E-state index is -0.305. The van der Waals surface area contributed by atoms with E-state index in [9.17, 15) is 9.59 Å². The zero-order valence-electron chi connectivity index (χ0n) is 13.4. The smallest absolute Gasteiger partial charge is 0.306 e. The molecule has 0 radical (unpaired) electrons. The standard InChI is InChI=1S/C18H19BrN2O3/c1-2-24-18(23)11-14(13-6-4-3-5-7-13)10-17(22)21-16-9-8-15(19)12-20-16/h3-9,12,14H,2,10-11H2,1H3,(H,20,21,22). The maximum absolute atomic E-state index is 12.3. The molecule has 0 bridgehead atoms. The molecule has 0 aliphatic carbocycles. The van der Waals surface area contributed by atoms with E-state index in [0.29, 0.717) is 12.4 Å². The van der Waals surface area contributed by atoms with Crippen LogP contribution in [0.2, 0.25) is 0 Å². The largest absolute Gasteiger partial charge is 0.466 e. The van der Waals surface area contributed by atoms with Gasteiger partial charge in [-0.25, -0.2) is 4.98 Å². The van der Waals surface area contributed by atoms with E-state index in [1.165, 1.54) is 0 Å². The number of rotatable bonds is 7. The first-order valence-electron chi connectivity index (χ1n) is 7.70. The zero-order chi connectivity index (χ0) is 17.4. The molecule has 0 saturated heterocycles. The van der Waals surface area contributed by atoms with Crippen molar-refractivity contribution in [3.05, 3.63) is 58.7 Å². The molecular formula is C18H19BrN2O3. The number of hydrogen-bond acceptors (Lipinski definition) is 4. The van der Waals surface area contributed by atoms with Gasteiger partial charge >= 0.3 is 5.97 Å². The highest BCUT2D eigenvalue weighted by atomic mass is 79.9. The molecule has 126 valence electrons. The number of carbonyl (C=O) groups excluding carboxylic acids is 2. The number of amides is 1. The number of nitrogens with one attached hydrogen (secondary N) is 1. The normalized spacial score (nSPS) is 11.6. The second kappa shape index (κ2) is 9.17. The summed E-state index contributed by atoms with van der Waals surface area (Å²) < 4.78 is 5.86. The summed E-state index contributed by atoms with van der Waals surface area (Å²) in [5, 5.41) is 2.75. The third-order valence-corrected chi connectivity index (χ3v) is 3.89. The number of anilines is 1. The molecule has 1 atom stereocenters. The molecule has 0 saturated carbocycles. The molecular weight excluding hydrogens is 372 g/mol. The number of halogens is 1. The maximum atomic E-state index is 12.3. The van der Waals surface area contributed by atoms with Crippen LogP contribution in [0, 0.1) is 0 Å². The van der Waals surface area contributed by atoms with Gasteiger partial charge in [0.15, 0.2) is 0 Å². The molecule has 1 amide bonds. The first-order chi connectivity index (χ1) is 11.6. The van der Waals surface area contributed by atoms with Crippen molar-refractivity contribution in [1.29, 1.82) is 0 Å². The van der Waals surface area contributed by atoms with Gasteiger partial charge in [0.1, 0.15) is 5.82 Å². The molecule has 1 N–H and O–H groups in total. The topological polar surface area (TPSA) is 68.3 Å². The fourth-order valence-corrected chi connectivity index (χ4v) is 2.56. The highest BCUT2D eigenvalue weighted by Crippen LogP contribution is 2.24. The van der Waals surface area contributed by atoms with Crippen molar-refractivity contribution in [3.8, 4) is 0 Å². The fourth-order valence-electron chi connectivity index (χ4n) is 2.32. The van der Waals surface area contributed by atoms with E-state index in [4.69, 9.17) is 4.74 Å². The molecule has 0 fully saturated rings. The Morgan fingerprint density at radius 1 is 1.17 bits per heavy atom. The SMILES string of the molecule is CCOC(=O)CC(CC(=O)Nc1ccc(Br)cn1)c1ccccc1. The molecule has 1 aromatic carbocycles. The van der Waals surface area contributed by atoms with E-state index in [1.807, 2.05) is 30.3 Å². The summed E-state index contributed by atoms with van der Waals surface area (Å²) in [6, 6.07) is 13.0. The van der Waals surface area contributed by atoms with Crippen LogP contribution in [-0.2, 0) is 14.3 Å². The van der Waals surface area contributed by atoms with Crippen LogP contribution in [-0.4, -0.2) is 23.5 Å². The Morgan fingerprint density at radius 2 is 1.92 bits per heavy atom. The monoisotopic (exact) mass is 390 g/mol. The van der Waals surface area contributed by atoms with Gasteiger partial charge in [-0.15, -0.1) is 0 Å². The Kier molecular flexibility index (Phi) is 6.93. The van der Waals surface area contributed by atoms with Crippen molar-refractivity contribution in [3.63, 3.8) is 0 Å². The number of benzene rings is 1. The van der Waals surface area contributed by atoms with Gasteiger partial charge in [0.25, 0.3) is 0 Å². The highest BCUT2D eigenvalue weighted by molar-refractivity contribution is 9.10. The third kappa shape index (κ3) is 5.77. The van der Waals surface area contributed by atoms with Gasteiger partial charge in [0.05, 0.1) is 13.0 Å². The summed E-state index contributed by atoms with van der Waals surface area (Å²) in [6.07, 6.45) is 1.96. The fraction of sp³-hybridized carbons (Fsp3) is 0.278. The van der Waals surface area contributed by atoms with Crippen LogP contribution in [0.4, 0.5) is 5.82 Å². The average molecular weight is 391 g/mol. The highest BCUT2D eigenvalue weighted by Gasteiger charge is 2.20. The lowest BCUT2D eigenvalue weighted by Crippen LogP contribution is -2.19. The van der Waals surface area contributed by atoms with Crippen LogP contribution in [0.3, 0.4) is 0 Å². The predicted octanol–water partition coefficient (Wildman–Crippen LogP) is 3.91. The minimum Gasteiger partial charge on any atom is -0.466 e. The Balaban J connectivity index is 2.05. The molecule has 1 unspecified atom stereocenters. The van der Waals surface area contributed by atoms with Gasteiger partial charge in [-0.05, 0) is 40.5 Å². The molecule has 0 aliphatic heterocycles. The Morgan fingerprint density at radius 3 is 2.54 bits per heavy atom. The quantitative estimate of drug-likeness (QED) is 0.727. The van der Waals surface area contributed by atoms with E-state index < -0.39 is 0 Å². The van der Waals surface area contributed by atoms with Crippen molar-refractivity contribution in [2.45, 2.75) is 25.7 Å². The number of ether oxygens (including phenoxy) is 1. The van der Waals surface area contributed by atoms with Crippen molar-refractivity contribution >= 4 is 33.6 Å². The van der Waals surface area contributed by atoms with E-state index in [1.54, 1.807) is 25.3 Å². The first kappa shape index (κ1) is 18.1. The Hall–Kier alpha value is -2.21. The van der Waals surface area contributed by atoms with Gasteiger partial charge in [-0.1, -0.05) is 30.3 Å². The van der Waals surface area contributed by atoms with Crippen LogP contribution in [0.1, 0.15) is 31.2 Å². The maximum Gasteiger partial charge on any atom is 0.306 e. The lowest BCUT2D eigenvalue weighted by molar-refractivity contribution is -0.143. The predicted molar refractivity (Wildman–Crippen MR) is 95.6 cm³/mol. The molecule has 2 aromatic rings. The van der Waals surface area contributed by atoms with Gasteiger partial charge in [0, 0.05) is 23.0 Å². The van der Waals surface area contributed by atoms with Crippen molar-refractivity contribution < 1.29 is 14.3 Å². The third-order valence-electron chi connectivity index (χ3n) is 3.42. The van der Waals surface area contributed by atoms with E-state index in [0.717, 1.165) is 10.0 Å². The molecule has 5 nitrogen and oxygen atoms in total. The van der Waals surface area contributed by atoms with E-state index in [2.05, 4.69) is 26.2 Å². The van der Waals surface area contributed by atoms with Crippen LogP contribution in [0.15, 0.2) is 53.1 Å². The summed E-state index contributed by atoms with van der Waals surface area (Å²) in [7, 11) is 0. The number of nitrogens with zero attached hydrogens (tertiary/aromatic N) is 1. The summed E-state index contributed by atoms with van der Waals surface area (Å²) in [4.78, 5) is 28.3. The molecule has 24 heavy (non-hydrogen) atoms. The number of carbonyl (C=O) groups is 2. The van der Waals surface area contributed by atoms with Crippen molar-refractivity contribution in [2.24, 2.45) is 0 Å². The summed E-state index contributed by atoms with van der Waals surface area (Å²) in [6.45, 7) is 2.09. The van der Waals surface area contributed by atoms with Gasteiger partial charge in [0.2, 0.25) is 5.91 Å². The molecule has 0 aliphatic rings. The summed E-state index contributed by atoms with van der Waals surface area (Å²) in [5.74, 6) is -0.254. The molecule has 1 aromatic heterocycles. The lowest BCUT2D eigenvalue weighted by atomic mass is 9.92. The summed E-state index contributed by atoms with van der Waals surface area (Å²) >= 11 is 3.30. The van der Waals surface area contributed by atoms with Gasteiger partial charge < -0.3 is 10.1 Å². The molecule has 2 rings (SSSR count). The number of pyridine rings is 1. The average Bonchev–Trinajstić information content (AvgIpc) is 2.57. The molecule has 6 heteroatoms. The van der Waals surface area contributed by atoms with Crippen LogP contribution < -0.4 is 5.32 Å². The Labute approximate surface area is 149 Å². The number of hydrogen-bond donors (Lipinski definition) is 1. The lowest BCUT2D eigenvalue weighted by Gasteiger charge is -2.16. The minimum absolute atomic E-state index is 0.166. The number of esters is 1. The second-order valence-corrected chi connectivity index (χ2v) is 6.15. The summed E-state index contributed by atoms with van der Waals surface area (Å²) in [5.41, 5.74) is 0.935. The Bertz CT molecular complexity index is 674. The first-order valence-corrected chi connectivity index (χ1v) is 8.49. The van der Waals surface area contributed by atoms with Crippen LogP contribution in [0.25, 0.3) is 0 Å². The van der Waals surface area contributed by atoms with Crippen molar-refractivity contribution in [2.75, 3.05) is 11.9 Å². The molecule has 1 heterocycles. The van der Waals surface area contributed by atoms with E-state index >= 15 is 0 Å². The zero-order valence-corrected chi connectivity index (χ0v) is 15.0. The van der Waals surface area contributed by atoms with Crippen LogP contribution in [0.5, 0.6) is 0 Å². The van der Waals surface area contributed by atoms with Gasteiger partial charge in [-0.3, -0.25) is 9.59 Å². The second-order valence-electron chi connectivity index (χ2n) is 5.23. The van der Waals surface area contributed by atoms with Gasteiger partial charge in [-0.2, -0.15) is 0 Å². The van der Waals surface area contributed by atoms with E-state index in [-0.39, 0.29) is 30.6 Å². The number of aromatic nitrogens is 1.